The Labute approximate surface area is 133 Å². The molecule has 0 saturated heterocycles. The molecule has 2 saturated carbocycles. The second-order valence-corrected chi connectivity index (χ2v) is 8.29. The standard InChI is InChI=1S/C18H30O4/c1-7-16(3,4)15(20)21-11-14(19)22-18(6)12(2)17(5)9-8-13(18)10-17/h12-13H,7-11H2,1-6H3. The summed E-state index contributed by atoms with van der Waals surface area (Å²) in [5, 5.41) is 0. The fourth-order valence-corrected chi connectivity index (χ4v) is 4.11. The zero-order chi connectivity index (χ0) is 16.8. The minimum atomic E-state index is -0.558. The highest BCUT2D eigenvalue weighted by atomic mass is 16.6. The summed E-state index contributed by atoms with van der Waals surface area (Å²) in [5.41, 5.74) is -0.700. The van der Waals surface area contributed by atoms with E-state index >= 15 is 0 Å². The van der Waals surface area contributed by atoms with Crippen LogP contribution in [0.2, 0.25) is 0 Å². The normalized spacial score (nSPS) is 37.2. The lowest BCUT2D eigenvalue weighted by Crippen LogP contribution is -2.46. The van der Waals surface area contributed by atoms with E-state index in [1.165, 1.54) is 6.42 Å². The van der Waals surface area contributed by atoms with Gasteiger partial charge >= 0.3 is 11.9 Å². The first-order valence-corrected chi connectivity index (χ1v) is 8.44. The van der Waals surface area contributed by atoms with Crippen LogP contribution in [-0.4, -0.2) is 24.1 Å². The van der Waals surface area contributed by atoms with Crippen LogP contribution in [0, 0.1) is 22.7 Å². The third-order valence-corrected chi connectivity index (χ3v) is 6.58. The van der Waals surface area contributed by atoms with Crippen LogP contribution in [-0.2, 0) is 19.1 Å². The monoisotopic (exact) mass is 310 g/mol. The number of hydrogen-bond donors (Lipinski definition) is 0. The zero-order valence-corrected chi connectivity index (χ0v) is 14.8. The number of carbonyl (C=O) groups excluding carboxylic acids is 2. The number of fused-ring (bicyclic) bond motifs is 2. The molecule has 4 heteroatoms. The number of carbonyl (C=O) groups is 2. The van der Waals surface area contributed by atoms with Gasteiger partial charge in [0.05, 0.1) is 5.41 Å². The molecule has 2 aliphatic carbocycles. The largest absolute Gasteiger partial charge is 0.456 e. The molecule has 0 aliphatic heterocycles. The van der Waals surface area contributed by atoms with E-state index in [2.05, 4.69) is 13.8 Å². The molecule has 0 N–H and O–H groups in total. The highest BCUT2D eigenvalue weighted by Crippen LogP contribution is 2.63. The molecule has 4 nitrogen and oxygen atoms in total. The lowest BCUT2D eigenvalue weighted by Gasteiger charge is -2.42. The molecule has 2 rings (SSSR count). The quantitative estimate of drug-likeness (QED) is 0.726. The van der Waals surface area contributed by atoms with E-state index in [0.29, 0.717) is 18.3 Å². The predicted molar refractivity (Wildman–Crippen MR) is 84.1 cm³/mol. The first-order chi connectivity index (χ1) is 10.0. The number of ether oxygens (including phenoxy) is 2. The second-order valence-electron chi connectivity index (χ2n) is 8.29. The summed E-state index contributed by atoms with van der Waals surface area (Å²) in [6.07, 6.45) is 4.13. The molecule has 4 atom stereocenters. The van der Waals surface area contributed by atoms with Gasteiger partial charge in [-0.3, -0.25) is 4.79 Å². The van der Waals surface area contributed by atoms with Gasteiger partial charge in [0.15, 0.2) is 6.61 Å². The van der Waals surface area contributed by atoms with Crippen molar-refractivity contribution in [1.29, 1.82) is 0 Å². The second kappa shape index (κ2) is 5.54. The Kier molecular flexibility index (Phi) is 4.35. The Balaban J connectivity index is 1.92. The van der Waals surface area contributed by atoms with Crippen LogP contribution in [0.4, 0.5) is 0 Å². The SMILES string of the molecule is CCC(C)(C)C(=O)OCC(=O)OC1(C)C2CCC(C)(C2)C1C. The van der Waals surface area contributed by atoms with Crippen molar-refractivity contribution in [3.63, 3.8) is 0 Å². The molecule has 0 aromatic rings. The van der Waals surface area contributed by atoms with E-state index in [-0.39, 0.29) is 18.0 Å². The Morgan fingerprint density at radius 3 is 2.41 bits per heavy atom. The lowest BCUT2D eigenvalue weighted by atomic mass is 9.70. The average Bonchev–Trinajstić information content (AvgIpc) is 2.93. The fraction of sp³-hybridized carbons (Fsp3) is 0.889. The van der Waals surface area contributed by atoms with Gasteiger partial charge in [-0.05, 0) is 57.8 Å². The lowest BCUT2D eigenvalue weighted by molar-refractivity contribution is -0.181. The highest BCUT2D eigenvalue weighted by Gasteiger charge is 2.61. The maximum absolute atomic E-state index is 12.2. The fourth-order valence-electron chi connectivity index (χ4n) is 4.11. The Morgan fingerprint density at radius 2 is 1.91 bits per heavy atom. The van der Waals surface area contributed by atoms with Crippen LogP contribution in [0.5, 0.6) is 0 Å². The topological polar surface area (TPSA) is 52.6 Å². The van der Waals surface area contributed by atoms with E-state index in [0.717, 1.165) is 12.8 Å². The van der Waals surface area contributed by atoms with Gasteiger partial charge in [0.25, 0.3) is 0 Å². The number of hydrogen-bond acceptors (Lipinski definition) is 4. The van der Waals surface area contributed by atoms with Gasteiger partial charge in [0.2, 0.25) is 0 Å². The molecular weight excluding hydrogens is 280 g/mol. The third kappa shape index (κ3) is 2.77. The van der Waals surface area contributed by atoms with Gasteiger partial charge in [-0.2, -0.15) is 0 Å². The maximum atomic E-state index is 12.2. The van der Waals surface area contributed by atoms with Crippen molar-refractivity contribution < 1.29 is 19.1 Å². The molecule has 22 heavy (non-hydrogen) atoms. The summed E-state index contributed by atoms with van der Waals surface area (Å²) in [7, 11) is 0. The van der Waals surface area contributed by atoms with Crippen LogP contribution in [0.25, 0.3) is 0 Å². The molecule has 2 bridgehead atoms. The van der Waals surface area contributed by atoms with Crippen molar-refractivity contribution in [2.24, 2.45) is 22.7 Å². The molecule has 4 unspecified atom stereocenters. The molecule has 0 aromatic carbocycles. The summed E-state index contributed by atoms with van der Waals surface area (Å²) >= 11 is 0. The zero-order valence-electron chi connectivity index (χ0n) is 14.8. The third-order valence-electron chi connectivity index (χ3n) is 6.58. The van der Waals surface area contributed by atoms with Crippen molar-refractivity contribution >= 4 is 11.9 Å². The van der Waals surface area contributed by atoms with E-state index in [1.807, 2.05) is 27.7 Å². The van der Waals surface area contributed by atoms with Gasteiger partial charge in [-0.25, -0.2) is 4.79 Å². The van der Waals surface area contributed by atoms with Gasteiger partial charge < -0.3 is 9.47 Å². The van der Waals surface area contributed by atoms with Crippen LogP contribution in [0.1, 0.15) is 67.2 Å². The predicted octanol–water partition coefficient (Wildman–Crippen LogP) is 3.72. The number of esters is 2. The summed E-state index contributed by atoms with van der Waals surface area (Å²) < 4.78 is 10.9. The molecule has 0 radical (unpaired) electrons. The number of rotatable bonds is 5. The Hall–Kier alpha value is -1.06. The first-order valence-electron chi connectivity index (χ1n) is 8.44. The maximum Gasteiger partial charge on any atom is 0.344 e. The van der Waals surface area contributed by atoms with Crippen LogP contribution >= 0.6 is 0 Å². The van der Waals surface area contributed by atoms with Crippen molar-refractivity contribution in [3.8, 4) is 0 Å². The summed E-state index contributed by atoms with van der Waals surface area (Å²) in [6.45, 7) is 11.8. The molecule has 2 aliphatic rings. The minimum absolute atomic E-state index is 0.278. The van der Waals surface area contributed by atoms with Gasteiger partial charge in [0.1, 0.15) is 5.60 Å². The van der Waals surface area contributed by atoms with Crippen molar-refractivity contribution in [3.05, 3.63) is 0 Å². The van der Waals surface area contributed by atoms with Crippen LogP contribution in [0.3, 0.4) is 0 Å². The Bertz CT molecular complexity index is 470. The molecule has 2 fully saturated rings. The highest BCUT2D eigenvalue weighted by molar-refractivity contribution is 5.80. The first kappa shape index (κ1) is 17.3. The summed E-state index contributed by atoms with van der Waals surface area (Å²) in [5.74, 6) is 0.000489. The van der Waals surface area contributed by atoms with Gasteiger partial charge in [-0.1, -0.05) is 20.8 Å². The minimum Gasteiger partial charge on any atom is -0.456 e. The smallest absolute Gasteiger partial charge is 0.344 e. The van der Waals surface area contributed by atoms with E-state index in [1.54, 1.807) is 0 Å². The van der Waals surface area contributed by atoms with E-state index in [9.17, 15) is 9.59 Å². The van der Waals surface area contributed by atoms with Crippen LogP contribution in [0.15, 0.2) is 0 Å². The molecule has 0 aromatic heterocycles. The molecule has 126 valence electrons. The summed E-state index contributed by atoms with van der Waals surface area (Å²) in [6, 6.07) is 0. The van der Waals surface area contributed by atoms with Crippen molar-refractivity contribution in [2.75, 3.05) is 6.61 Å². The average molecular weight is 310 g/mol. The van der Waals surface area contributed by atoms with Gasteiger partial charge in [0, 0.05) is 5.92 Å². The van der Waals surface area contributed by atoms with Gasteiger partial charge in [-0.15, -0.1) is 0 Å². The molecule has 0 amide bonds. The van der Waals surface area contributed by atoms with Crippen LogP contribution < -0.4 is 0 Å². The molecule has 0 heterocycles. The molecular formula is C18H30O4. The van der Waals surface area contributed by atoms with E-state index in [4.69, 9.17) is 9.47 Å². The summed E-state index contributed by atoms with van der Waals surface area (Å²) in [4.78, 5) is 24.1. The van der Waals surface area contributed by atoms with Crippen molar-refractivity contribution in [1.82, 2.24) is 0 Å². The Morgan fingerprint density at radius 1 is 1.27 bits per heavy atom. The van der Waals surface area contributed by atoms with E-state index < -0.39 is 17.0 Å². The molecule has 0 spiro atoms. The van der Waals surface area contributed by atoms with Crippen molar-refractivity contribution in [2.45, 2.75) is 72.8 Å².